The van der Waals surface area contributed by atoms with E-state index < -0.39 is 35.3 Å². The van der Waals surface area contributed by atoms with Crippen LogP contribution in [0.1, 0.15) is 0 Å². The van der Waals surface area contributed by atoms with Crippen LogP contribution in [-0.2, 0) is 11.3 Å². The number of carbonyl (C=O) groups excluding carboxylic acids is 1. The summed E-state index contributed by atoms with van der Waals surface area (Å²) in [5.41, 5.74) is -1.31. The van der Waals surface area contributed by atoms with Crippen LogP contribution in [0.4, 0.5) is 14.5 Å². The number of thiophene rings is 1. The van der Waals surface area contributed by atoms with E-state index in [2.05, 4.69) is 5.32 Å². The molecule has 0 fully saturated rings. The minimum absolute atomic E-state index is 0.162. The van der Waals surface area contributed by atoms with Gasteiger partial charge in [-0.1, -0.05) is 11.6 Å². The summed E-state index contributed by atoms with van der Waals surface area (Å²) in [6.45, 7) is -0.451. The summed E-state index contributed by atoms with van der Waals surface area (Å²) < 4.78 is 34.4. The standard InChI is InChI=1S/C21H14ClF2N3O4S/c1-31-17-3-2-13(9-15(17)22)25-18(28)10-26-16-4-5-32-19(16)20(29)27(21(26)30)14-7-11(23)6-12(24)8-14/h2-9H,10H2,1H3,(H,25,28). The van der Waals surface area contributed by atoms with Gasteiger partial charge >= 0.3 is 5.69 Å². The fourth-order valence-corrected chi connectivity index (χ4v) is 4.31. The Hall–Kier alpha value is -3.50. The number of benzene rings is 2. The fourth-order valence-electron chi connectivity index (χ4n) is 3.22. The number of fused-ring (bicyclic) bond motifs is 1. The molecule has 1 N–H and O–H groups in total. The van der Waals surface area contributed by atoms with Crippen LogP contribution >= 0.6 is 22.9 Å². The number of rotatable bonds is 5. The van der Waals surface area contributed by atoms with Gasteiger partial charge in [0, 0.05) is 11.8 Å². The first-order chi connectivity index (χ1) is 15.3. The molecule has 2 heterocycles. The van der Waals surface area contributed by atoms with Gasteiger partial charge in [-0.2, -0.15) is 0 Å². The first kappa shape index (κ1) is 21.7. The maximum absolute atomic E-state index is 13.7. The van der Waals surface area contributed by atoms with Crippen LogP contribution < -0.4 is 21.3 Å². The van der Waals surface area contributed by atoms with Gasteiger partial charge in [-0.05, 0) is 41.8 Å². The second kappa shape index (κ2) is 8.56. The van der Waals surface area contributed by atoms with Crippen molar-refractivity contribution in [2.24, 2.45) is 0 Å². The van der Waals surface area contributed by atoms with Crippen LogP contribution in [0.2, 0.25) is 5.02 Å². The highest BCUT2D eigenvalue weighted by Gasteiger charge is 2.19. The number of methoxy groups -OCH3 is 1. The van der Waals surface area contributed by atoms with Gasteiger partial charge in [0.2, 0.25) is 5.91 Å². The van der Waals surface area contributed by atoms with Crippen molar-refractivity contribution < 1.29 is 18.3 Å². The minimum atomic E-state index is -0.946. The number of aromatic nitrogens is 2. The van der Waals surface area contributed by atoms with E-state index in [9.17, 15) is 23.2 Å². The highest BCUT2D eigenvalue weighted by atomic mass is 35.5. The molecule has 2 aromatic carbocycles. The monoisotopic (exact) mass is 477 g/mol. The Kier molecular flexibility index (Phi) is 5.81. The fraction of sp³-hybridized carbons (Fsp3) is 0.0952. The van der Waals surface area contributed by atoms with Gasteiger partial charge in [-0.25, -0.2) is 18.1 Å². The Morgan fingerprint density at radius 3 is 2.50 bits per heavy atom. The third kappa shape index (κ3) is 4.02. The lowest BCUT2D eigenvalue weighted by Gasteiger charge is -2.13. The van der Waals surface area contributed by atoms with Gasteiger partial charge in [-0.15, -0.1) is 11.3 Å². The maximum Gasteiger partial charge on any atom is 0.336 e. The molecule has 0 unspecified atom stereocenters. The number of halogens is 3. The SMILES string of the molecule is COc1ccc(NC(=O)Cn2c(=O)n(-c3cc(F)cc(F)c3)c(=O)c3sccc32)cc1Cl. The largest absolute Gasteiger partial charge is 0.495 e. The Bertz CT molecular complexity index is 1460. The Morgan fingerprint density at radius 2 is 1.84 bits per heavy atom. The zero-order chi connectivity index (χ0) is 23.0. The molecule has 0 aliphatic heterocycles. The lowest BCUT2D eigenvalue weighted by atomic mass is 10.3. The van der Waals surface area contributed by atoms with E-state index in [4.69, 9.17) is 16.3 Å². The van der Waals surface area contributed by atoms with Crippen LogP contribution in [0.5, 0.6) is 5.75 Å². The second-order valence-electron chi connectivity index (χ2n) is 6.67. The minimum Gasteiger partial charge on any atom is -0.495 e. The third-order valence-electron chi connectivity index (χ3n) is 4.60. The zero-order valence-electron chi connectivity index (χ0n) is 16.4. The second-order valence-corrected chi connectivity index (χ2v) is 7.99. The zero-order valence-corrected chi connectivity index (χ0v) is 18.0. The highest BCUT2D eigenvalue weighted by Crippen LogP contribution is 2.27. The molecule has 0 radical (unpaired) electrons. The normalized spacial score (nSPS) is 11.0. The summed E-state index contributed by atoms with van der Waals surface area (Å²) in [5, 5.41) is 4.48. The first-order valence-corrected chi connectivity index (χ1v) is 10.4. The Labute approximate surface area is 188 Å². The van der Waals surface area contributed by atoms with Crippen LogP contribution in [0.3, 0.4) is 0 Å². The summed E-state index contributed by atoms with van der Waals surface area (Å²) in [6, 6.07) is 8.52. The summed E-state index contributed by atoms with van der Waals surface area (Å²) in [4.78, 5) is 38.6. The maximum atomic E-state index is 13.7. The summed E-state index contributed by atoms with van der Waals surface area (Å²) in [7, 11) is 1.46. The molecule has 0 aliphatic carbocycles. The van der Waals surface area contributed by atoms with Crippen molar-refractivity contribution in [3.05, 3.63) is 85.3 Å². The number of nitrogens with one attached hydrogen (secondary N) is 1. The molecule has 32 heavy (non-hydrogen) atoms. The van der Waals surface area contributed by atoms with E-state index >= 15 is 0 Å². The van der Waals surface area contributed by atoms with Gasteiger partial charge in [0.25, 0.3) is 5.56 Å². The van der Waals surface area contributed by atoms with Crippen LogP contribution in [0.25, 0.3) is 15.9 Å². The number of nitrogens with zero attached hydrogens (tertiary/aromatic N) is 2. The van der Waals surface area contributed by atoms with Crippen molar-refractivity contribution >= 4 is 44.7 Å². The summed E-state index contributed by atoms with van der Waals surface area (Å²) >= 11 is 7.11. The van der Waals surface area contributed by atoms with E-state index in [1.807, 2.05) is 0 Å². The van der Waals surface area contributed by atoms with E-state index in [0.29, 0.717) is 22.1 Å². The van der Waals surface area contributed by atoms with Crippen LogP contribution in [-0.4, -0.2) is 22.2 Å². The van der Waals surface area contributed by atoms with Gasteiger partial charge in [0.1, 0.15) is 28.6 Å². The number of carbonyl (C=O) groups is 1. The van der Waals surface area contributed by atoms with Crippen molar-refractivity contribution in [1.82, 2.24) is 9.13 Å². The van der Waals surface area contributed by atoms with Gasteiger partial charge in [-0.3, -0.25) is 14.2 Å². The molecule has 4 rings (SSSR count). The molecule has 0 saturated heterocycles. The molecule has 0 aliphatic rings. The van der Waals surface area contributed by atoms with Gasteiger partial charge in [0.15, 0.2) is 0 Å². The molecule has 11 heteroatoms. The smallest absolute Gasteiger partial charge is 0.336 e. The number of anilines is 1. The molecular weight excluding hydrogens is 464 g/mol. The molecule has 2 aromatic heterocycles. The molecule has 7 nitrogen and oxygen atoms in total. The van der Waals surface area contributed by atoms with Crippen molar-refractivity contribution in [1.29, 1.82) is 0 Å². The lowest BCUT2D eigenvalue weighted by molar-refractivity contribution is -0.116. The number of hydrogen-bond acceptors (Lipinski definition) is 5. The van der Waals surface area contributed by atoms with E-state index in [-0.39, 0.29) is 20.9 Å². The molecular formula is C21H14ClF2N3O4S. The molecule has 164 valence electrons. The van der Waals surface area contributed by atoms with Crippen LogP contribution in [0.15, 0.2) is 57.4 Å². The lowest BCUT2D eigenvalue weighted by Crippen LogP contribution is -2.40. The van der Waals surface area contributed by atoms with Crippen molar-refractivity contribution in [3.63, 3.8) is 0 Å². The van der Waals surface area contributed by atoms with E-state index in [0.717, 1.165) is 28.0 Å². The third-order valence-corrected chi connectivity index (χ3v) is 5.78. The molecule has 4 aromatic rings. The van der Waals surface area contributed by atoms with Crippen molar-refractivity contribution in [3.8, 4) is 11.4 Å². The Balaban J connectivity index is 1.77. The van der Waals surface area contributed by atoms with E-state index in [1.54, 1.807) is 17.5 Å². The molecule has 1 amide bonds. The quantitative estimate of drug-likeness (QED) is 0.474. The van der Waals surface area contributed by atoms with Gasteiger partial charge < -0.3 is 10.1 Å². The number of amides is 1. The Morgan fingerprint density at radius 1 is 1.12 bits per heavy atom. The predicted octanol–water partition coefficient (Wildman–Crippen LogP) is 3.79. The summed E-state index contributed by atoms with van der Waals surface area (Å²) in [5.74, 6) is -2.04. The van der Waals surface area contributed by atoms with Crippen LogP contribution in [0, 0.1) is 11.6 Å². The van der Waals surface area contributed by atoms with E-state index in [1.165, 1.54) is 19.2 Å². The highest BCUT2D eigenvalue weighted by molar-refractivity contribution is 7.17. The number of ether oxygens (including phenoxy) is 1. The van der Waals surface area contributed by atoms with Crippen molar-refractivity contribution in [2.75, 3.05) is 12.4 Å². The first-order valence-electron chi connectivity index (χ1n) is 9.11. The molecule has 0 bridgehead atoms. The predicted molar refractivity (Wildman–Crippen MR) is 118 cm³/mol. The molecule has 0 atom stereocenters. The molecule has 0 saturated carbocycles. The van der Waals surface area contributed by atoms with Gasteiger partial charge in [0.05, 0.1) is 23.3 Å². The summed E-state index contributed by atoms with van der Waals surface area (Å²) in [6.07, 6.45) is 0. The average molecular weight is 478 g/mol. The molecule has 0 spiro atoms. The number of hydrogen-bond donors (Lipinski definition) is 1. The topological polar surface area (TPSA) is 82.3 Å². The van der Waals surface area contributed by atoms with Crippen molar-refractivity contribution in [2.45, 2.75) is 6.54 Å². The average Bonchev–Trinajstić information content (AvgIpc) is 3.21.